The molecule has 1 aromatic heterocycles. The molecule has 0 fully saturated rings. The molecule has 0 spiro atoms. The average Bonchev–Trinajstić information content (AvgIpc) is 2.59. The highest BCUT2D eigenvalue weighted by molar-refractivity contribution is 8.63. The van der Waals surface area contributed by atoms with Gasteiger partial charge in [0.1, 0.15) is 11.2 Å². The average molecular weight is 309 g/mol. The molecular weight excluding hydrogens is 286 g/mol. The molecule has 0 amide bonds. The first-order valence-corrected chi connectivity index (χ1v) is 12.2. The summed E-state index contributed by atoms with van der Waals surface area (Å²) in [6.45, 7) is 13.2. The highest BCUT2D eigenvalue weighted by Crippen LogP contribution is 2.65. The lowest BCUT2D eigenvalue weighted by molar-refractivity contribution is 0.324. The number of hydrogen-bond acceptors (Lipinski definition) is 2. The summed E-state index contributed by atoms with van der Waals surface area (Å²) in [7, 11) is 6.27. The summed E-state index contributed by atoms with van der Waals surface area (Å²) in [6, 6.07) is 0. The van der Waals surface area contributed by atoms with E-state index in [1.807, 2.05) is 0 Å². The Morgan fingerprint density at radius 3 is 2.00 bits per heavy atom. The summed E-state index contributed by atoms with van der Waals surface area (Å²) >= 11 is 0. The van der Waals surface area contributed by atoms with Crippen molar-refractivity contribution in [1.82, 2.24) is 5.16 Å². The minimum atomic E-state index is -0.282. The molecule has 0 saturated carbocycles. The molecule has 0 aliphatic carbocycles. The first kappa shape index (κ1) is 16.0. The predicted molar refractivity (Wildman–Crippen MR) is 88.2 cm³/mol. The van der Waals surface area contributed by atoms with Gasteiger partial charge in [-0.2, -0.15) is 0 Å². The fourth-order valence-corrected chi connectivity index (χ4v) is 5.08. The second-order valence-corrected chi connectivity index (χ2v) is 15.3. The van der Waals surface area contributed by atoms with E-state index in [0.717, 1.165) is 19.2 Å². The van der Waals surface area contributed by atoms with Crippen molar-refractivity contribution in [3.63, 3.8) is 0 Å². The molecule has 6 heteroatoms. The van der Waals surface area contributed by atoms with Gasteiger partial charge in [-0.25, -0.2) is 0 Å². The van der Waals surface area contributed by atoms with Crippen LogP contribution in [-0.4, -0.2) is 5.16 Å². The van der Waals surface area contributed by atoms with E-state index in [2.05, 4.69) is 64.6 Å². The van der Waals surface area contributed by atoms with E-state index in [-0.39, 0.29) is 18.1 Å². The summed E-state index contributed by atoms with van der Waals surface area (Å²) in [5, 5.41) is 4.35. The van der Waals surface area contributed by atoms with Crippen LogP contribution in [0.1, 0.15) is 52.9 Å². The lowest BCUT2D eigenvalue weighted by atomic mass is 9.80. The maximum Gasteiger partial charge on any atom is 0.146 e. The Morgan fingerprint density at radius 1 is 1.12 bits per heavy atom. The Bertz CT molecular complexity index is 389. The van der Waals surface area contributed by atoms with Crippen molar-refractivity contribution in [2.45, 2.75) is 52.4 Å². The predicted octanol–water partition coefficient (Wildman–Crippen LogP) is 4.55. The van der Waals surface area contributed by atoms with Crippen LogP contribution in [0.3, 0.4) is 0 Å². The van der Waals surface area contributed by atoms with Crippen LogP contribution in [-0.2, 0) is 10.8 Å². The van der Waals surface area contributed by atoms with Crippen molar-refractivity contribution in [3.8, 4) is 0 Å². The molecule has 0 saturated heterocycles. The molecule has 1 rings (SSSR count). The van der Waals surface area contributed by atoms with Crippen molar-refractivity contribution in [3.05, 3.63) is 11.3 Å². The zero-order valence-electron chi connectivity index (χ0n) is 11.5. The van der Waals surface area contributed by atoms with E-state index in [4.69, 9.17) is 4.52 Å². The van der Waals surface area contributed by atoms with E-state index in [0.29, 0.717) is 0 Å². The standard InChI is InChI=1S/C11H23NOP4/c1-10(2,3)7-8(11(4,5)6)13-12-9(7)17(15)16-14/h16H,14-15H2,1-6H3. The van der Waals surface area contributed by atoms with E-state index in [1.54, 1.807) is 0 Å². The molecule has 4 atom stereocenters. The maximum atomic E-state index is 5.66. The van der Waals surface area contributed by atoms with Crippen LogP contribution in [0.15, 0.2) is 4.52 Å². The number of hydrogen-bond donors (Lipinski definition) is 0. The third-order valence-electron chi connectivity index (χ3n) is 2.47. The third-order valence-corrected chi connectivity index (χ3v) is 12.2. The molecule has 1 heterocycles. The van der Waals surface area contributed by atoms with Crippen molar-refractivity contribution in [1.29, 1.82) is 0 Å². The zero-order valence-corrected chi connectivity index (χ0v) is 15.7. The monoisotopic (exact) mass is 309 g/mol. The highest BCUT2D eigenvalue weighted by Gasteiger charge is 2.34. The lowest BCUT2D eigenvalue weighted by Gasteiger charge is -2.25. The van der Waals surface area contributed by atoms with Gasteiger partial charge in [0.15, 0.2) is 0 Å². The molecule has 0 bridgehead atoms. The first-order valence-electron chi connectivity index (χ1n) is 5.60. The third kappa shape index (κ3) is 3.70. The second kappa shape index (κ2) is 5.51. The van der Waals surface area contributed by atoms with Gasteiger partial charge in [0.25, 0.3) is 0 Å². The van der Waals surface area contributed by atoms with Gasteiger partial charge in [0.2, 0.25) is 0 Å². The molecule has 98 valence electrons. The summed E-state index contributed by atoms with van der Waals surface area (Å²) in [6.07, 6.45) is 0. The van der Waals surface area contributed by atoms with Crippen LogP contribution in [0.5, 0.6) is 0 Å². The van der Waals surface area contributed by atoms with E-state index >= 15 is 0 Å². The quantitative estimate of drug-likeness (QED) is 0.749. The Balaban J connectivity index is 3.41. The van der Waals surface area contributed by atoms with Crippen molar-refractivity contribution >= 4 is 38.5 Å². The van der Waals surface area contributed by atoms with Crippen LogP contribution >= 0.6 is 33.1 Å². The first-order chi connectivity index (χ1) is 7.59. The number of nitrogens with zero attached hydrogens (tertiary/aromatic N) is 1. The summed E-state index contributed by atoms with van der Waals surface area (Å²) < 4.78 is 5.66. The second-order valence-electron chi connectivity index (χ2n) is 6.21. The van der Waals surface area contributed by atoms with E-state index < -0.39 is 0 Å². The van der Waals surface area contributed by atoms with Gasteiger partial charge in [0, 0.05) is 11.0 Å². The summed E-state index contributed by atoms with van der Waals surface area (Å²) in [5.41, 5.74) is 2.56. The Kier molecular flexibility index (Phi) is 5.18. The maximum absolute atomic E-state index is 5.66. The Morgan fingerprint density at radius 2 is 1.65 bits per heavy atom. The molecule has 2 nitrogen and oxygen atoms in total. The van der Waals surface area contributed by atoms with Crippen LogP contribution in [0.4, 0.5) is 0 Å². The molecular formula is C11H23NOP4. The SMILES string of the molecule is CC(C)(C)c1onc(P(P)PP)c1C(C)(C)C. The van der Waals surface area contributed by atoms with Gasteiger partial charge in [-0.3, -0.25) is 0 Å². The van der Waals surface area contributed by atoms with Gasteiger partial charge in [-0.15, -0.1) is 17.9 Å². The van der Waals surface area contributed by atoms with Crippen LogP contribution in [0.25, 0.3) is 0 Å². The smallest absolute Gasteiger partial charge is 0.146 e. The van der Waals surface area contributed by atoms with Crippen LogP contribution in [0, 0.1) is 0 Å². The van der Waals surface area contributed by atoms with Gasteiger partial charge >= 0.3 is 0 Å². The van der Waals surface area contributed by atoms with Gasteiger partial charge in [-0.1, -0.05) is 54.7 Å². The number of aromatic nitrogens is 1. The molecule has 4 unspecified atom stereocenters. The molecule has 0 aliphatic heterocycles. The fraction of sp³-hybridized carbons (Fsp3) is 0.727. The van der Waals surface area contributed by atoms with Crippen molar-refractivity contribution < 1.29 is 4.52 Å². The zero-order chi connectivity index (χ0) is 13.4. The highest BCUT2D eigenvalue weighted by atomic mass is 32.6. The Hall–Kier alpha value is 0.930. The van der Waals surface area contributed by atoms with Crippen LogP contribution in [0.2, 0.25) is 0 Å². The van der Waals surface area contributed by atoms with Crippen LogP contribution < -0.4 is 5.44 Å². The topological polar surface area (TPSA) is 26.0 Å². The lowest BCUT2D eigenvalue weighted by Crippen LogP contribution is -2.25. The molecule has 17 heavy (non-hydrogen) atoms. The molecule has 0 radical (unpaired) electrons. The van der Waals surface area contributed by atoms with Gasteiger partial charge in [-0.05, 0) is 12.7 Å². The fourth-order valence-electron chi connectivity index (χ4n) is 1.70. The molecule has 0 N–H and O–H groups in total. The van der Waals surface area contributed by atoms with E-state index in [1.165, 1.54) is 5.56 Å². The number of rotatable bonds is 2. The minimum Gasteiger partial charge on any atom is -0.360 e. The van der Waals surface area contributed by atoms with E-state index in [9.17, 15) is 0 Å². The molecule has 1 aromatic rings. The minimum absolute atomic E-state index is 0.0126. The molecule has 0 aliphatic rings. The van der Waals surface area contributed by atoms with Crippen molar-refractivity contribution in [2.75, 3.05) is 0 Å². The molecule has 0 aromatic carbocycles. The normalized spacial score (nSPS) is 15.8. The summed E-state index contributed by atoms with van der Waals surface area (Å²) in [5.74, 6) is 1.04. The van der Waals surface area contributed by atoms with Gasteiger partial charge in [0.05, 0.1) is 0 Å². The summed E-state index contributed by atoms with van der Waals surface area (Å²) in [4.78, 5) is 0. The van der Waals surface area contributed by atoms with Crippen molar-refractivity contribution in [2.24, 2.45) is 0 Å². The van der Waals surface area contributed by atoms with Gasteiger partial charge < -0.3 is 4.52 Å². The largest absolute Gasteiger partial charge is 0.360 e. The Labute approximate surface area is 112 Å².